The minimum Gasteiger partial charge on any atom is -0.354 e. The van der Waals surface area contributed by atoms with E-state index in [0.29, 0.717) is 35.8 Å². The van der Waals surface area contributed by atoms with E-state index in [1.165, 1.54) is 19.3 Å². The summed E-state index contributed by atoms with van der Waals surface area (Å²) < 4.78 is 26.0. The van der Waals surface area contributed by atoms with Gasteiger partial charge in [-0.05, 0) is 75.7 Å². The number of hydrogen-bond donors (Lipinski definition) is 1. The fourth-order valence-corrected chi connectivity index (χ4v) is 7.24. The topological polar surface area (TPSA) is 66.5 Å². The van der Waals surface area contributed by atoms with Crippen LogP contribution in [0.4, 0.5) is 0 Å². The summed E-state index contributed by atoms with van der Waals surface area (Å²) in [7, 11) is -3.75. The lowest BCUT2D eigenvalue weighted by Gasteiger charge is -2.31. The fraction of sp³-hybridized carbons (Fsp3) is 0.696. The number of carbonyl (C=O) groups excluding carboxylic acids is 1. The number of benzene rings is 1. The van der Waals surface area contributed by atoms with Crippen molar-refractivity contribution in [1.82, 2.24) is 10.2 Å². The number of piperidine rings is 1. The number of amides is 1. The van der Waals surface area contributed by atoms with Gasteiger partial charge in [0.25, 0.3) is 0 Å². The second kappa shape index (κ2) is 9.17. The van der Waals surface area contributed by atoms with Crippen molar-refractivity contribution in [3.8, 4) is 0 Å². The number of nitrogens with one attached hydrogen (secondary N) is 1. The average molecular weight is 421 g/mol. The summed E-state index contributed by atoms with van der Waals surface area (Å²) in [5.41, 5.74) is 1.62. The van der Waals surface area contributed by atoms with Gasteiger partial charge in [-0.15, -0.1) is 0 Å². The van der Waals surface area contributed by atoms with Crippen LogP contribution in [-0.2, 0) is 14.6 Å². The van der Waals surface area contributed by atoms with Crippen molar-refractivity contribution >= 4 is 15.7 Å². The number of hydrogen-bond acceptors (Lipinski definition) is 4. The molecule has 1 amide bonds. The second-order valence-corrected chi connectivity index (χ2v) is 11.4. The van der Waals surface area contributed by atoms with Crippen molar-refractivity contribution < 1.29 is 13.2 Å². The highest BCUT2D eigenvalue weighted by Crippen LogP contribution is 2.41. The normalized spacial score (nSPS) is 21.1. The van der Waals surface area contributed by atoms with Gasteiger partial charge in [-0.2, -0.15) is 0 Å². The maximum absolute atomic E-state index is 13.7. The molecule has 6 heteroatoms. The summed E-state index contributed by atoms with van der Waals surface area (Å²) in [4.78, 5) is 16.0. The molecule has 1 saturated carbocycles. The first-order valence-electron chi connectivity index (χ1n) is 11.1. The molecule has 1 N–H and O–H groups in total. The molecule has 3 rings (SSSR count). The second-order valence-electron chi connectivity index (χ2n) is 9.15. The van der Waals surface area contributed by atoms with E-state index in [1.54, 1.807) is 6.07 Å². The molecule has 1 aliphatic carbocycles. The predicted molar refractivity (Wildman–Crippen MR) is 117 cm³/mol. The van der Waals surface area contributed by atoms with Crippen LogP contribution in [0.5, 0.6) is 0 Å². The Morgan fingerprint density at radius 3 is 2.41 bits per heavy atom. The third kappa shape index (κ3) is 4.69. The van der Waals surface area contributed by atoms with Gasteiger partial charge in [0, 0.05) is 13.1 Å². The van der Waals surface area contributed by atoms with Crippen LogP contribution < -0.4 is 5.32 Å². The monoisotopic (exact) mass is 420 g/mol. The summed E-state index contributed by atoms with van der Waals surface area (Å²) in [5, 5.41) is 3.02. The van der Waals surface area contributed by atoms with E-state index in [4.69, 9.17) is 0 Å². The maximum atomic E-state index is 13.7. The predicted octanol–water partition coefficient (Wildman–Crippen LogP) is 3.63. The van der Waals surface area contributed by atoms with Crippen molar-refractivity contribution in [2.75, 3.05) is 26.2 Å². The minimum atomic E-state index is -3.75. The number of likely N-dealkylation sites (tertiary alicyclic amines) is 1. The first kappa shape index (κ1) is 22.3. The molecule has 1 saturated heterocycles. The molecule has 0 radical (unpaired) electrons. The van der Waals surface area contributed by atoms with Gasteiger partial charge in [0.05, 0.1) is 4.90 Å². The smallest absolute Gasteiger partial charge is 0.241 e. The van der Waals surface area contributed by atoms with Gasteiger partial charge < -0.3 is 10.2 Å². The molecule has 1 aliphatic heterocycles. The van der Waals surface area contributed by atoms with Crippen LogP contribution in [0.25, 0.3) is 0 Å². The molecule has 2 aliphatic rings. The van der Waals surface area contributed by atoms with Crippen LogP contribution in [-0.4, -0.2) is 50.2 Å². The molecule has 1 aromatic rings. The van der Waals surface area contributed by atoms with Crippen LogP contribution in [0.1, 0.15) is 63.0 Å². The molecule has 5 nitrogen and oxygen atoms in total. The Hall–Kier alpha value is -1.40. The highest BCUT2D eigenvalue weighted by molar-refractivity contribution is 7.93. The van der Waals surface area contributed by atoms with E-state index in [2.05, 4.69) is 17.1 Å². The van der Waals surface area contributed by atoms with Crippen molar-refractivity contribution in [1.29, 1.82) is 0 Å². The van der Waals surface area contributed by atoms with E-state index in [-0.39, 0.29) is 5.91 Å². The molecule has 0 aromatic heterocycles. The quantitative estimate of drug-likeness (QED) is 0.731. The lowest BCUT2D eigenvalue weighted by atomic mass is 10.0. The van der Waals surface area contributed by atoms with E-state index >= 15 is 0 Å². The lowest BCUT2D eigenvalue weighted by molar-refractivity contribution is -0.123. The third-order valence-corrected chi connectivity index (χ3v) is 9.24. The van der Waals surface area contributed by atoms with Gasteiger partial charge in [0.2, 0.25) is 5.91 Å². The standard InChI is InChI=1S/C23H36N2O3S/c1-18-9-10-20(3)21(15-18)29(27,28)23(11-5-6-12-23)22(26)24-16-19(2)17-25-13-7-4-8-14-25/h9-10,15,19H,4-8,11-14,16-17H2,1-3H3,(H,24,26). The van der Waals surface area contributed by atoms with Crippen LogP contribution in [0, 0.1) is 19.8 Å². The van der Waals surface area contributed by atoms with Crippen molar-refractivity contribution in [3.05, 3.63) is 29.3 Å². The van der Waals surface area contributed by atoms with E-state index in [1.807, 2.05) is 26.0 Å². The van der Waals surface area contributed by atoms with Crippen LogP contribution in [0.2, 0.25) is 0 Å². The Morgan fingerprint density at radius 2 is 1.76 bits per heavy atom. The Kier molecular flexibility index (Phi) is 7.05. The Bertz CT molecular complexity index is 823. The number of nitrogens with zero attached hydrogens (tertiary/aromatic N) is 1. The number of aryl methyl sites for hydroxylation is 2. The molecule has 1 atom stereocenters. The summed E-state index contributed by atoms with van der Waals surface area (Å²) in [6.45, 7) is 9.58. The molecular weight excluding hydrogens is 384 g/mol. The summed E-state index contributed by atoms with van der Waals surface area (Å²) in [5.74, 6) is 0.000290. The molecule has 29 heavy (non-hydrogen) atoms. The van der Waals surface area contributed by atoms with Crippen LogP contribution in [0.15, 0.2) is 23.1 Å². The SMILES string of the molecule is Cc1ccc(C)c(S(=O)(=O)C2(C(=O)NCC(C)CN3CCCCC3)CCCC2)c1. The zero-order valence-electron chi connectivity index (χ0n) is 18.2. The maximum Gasteiger partial charge on any atom is 0.241 e. The third-order valence-electron chi connectivity index (χ3n) is 6.60. The van der Waals surface area contributed by atoms with Gasteiger partial charge >= 0.3 is 0 Å². The van der Waals surface area contributed by atoms with Gasteiger partial charge in [0.15, 0.2) is 14.6 Å². The summed E-state index contributed by atoms with van der Waals surface area (Å²) in [6, 6.07) is 5.47. The molecule has 0 spiro atoms. The van der Waals surface area contributed by atoms with Gasteiger partial charge in [-0.1, -0.05) is 38.3 Å². The van der Waals surface area contributed by atoms with Gasteiger partial charge in [-0.25, -0.2) is 8.42 Å². The molecular formula is C23H36N2O3S. The first-order chi connectivity index (χ1) is 13.8. The van der Waals surface area contributed by atoms with Gasteiger partial charge in [0.1, 0.15) is 0 Å². The Morgan fingerprint density at radius 1 is 1.10 bits per heavy atom. The summed E-state index contributed by atoms with van der Waals surface area (Å²) in [6.07, 6.45) is 6.18. The zero-order valence-corrected chi connectivity index (χ0v) is 19.0. The molecule has 0 bridgehead atoms. The van der Waals surface area contributed by atoms with Crippen molar-refractivity contribution in [3.63, 3.8) is 0 Å². The zero-order chi connectivity index (χ0) is 21.1. The van der Waals surface area contributed by atoms with E-state index in [0.717, 1.165) is 38.0 Å². The molecule has 2 fully saturated rings. The highest BCUT2D eigenvalue weighted by atomic mass is 32.2. The number of carbonyl (C=O) groups is 1. The molecule has 1 unspecified atom stereocenters. The fourth-order valence-electron chi connectivity index (χ4n) is 4.85. The average Bonchev–Trinajstić information content (AvgIpc) is 3.20. The highest BCUT2D eigenvalue weighted by Gasteiger charge is 2.53. The van der Waals surface area contributed by atoms with Crippen molar-refractivity contribution in [2.24, 2.45) is 5.92 Å². The largest absolute Gasteiger partial charge is 0.354 e. The van der Waals surface area contributed by atoms with Crippen LogP contribution in [0.3, 0.4) is 0 Å². The van der Waals surface area contributed by atoms with Gasteiger partial charge in [-0.3, -0.25) is 4.79 Å². The number of sulfone groups is 1. The Labute approximate surface area is 176 Å². The molecule has 162 valence electrons. The number of rotatable bonds is 7. The van der Waals surface area contributed by atoms with E-state index in [9.17, 15) is 13.2 Å². The lowest BCUT2D eigenvalue weighted by Crippen LogP contribution is -2.52. The molecule has 1 aromatic carbocycles. The van der Waals surface area contributed by atoms with Crippen LogP contribution >= 0.6 is 0 Å². The first-order valence-corrected chi connectivity index (χ1v) is 12.6. The Balaban J connectivity index is 1.74. The summed E-state index contributed by atoms with van der Waals surface area (Å²) >= 11 is 0. The minimum absolute atomic E-state index is 0.304. The van der Waals surface area contributed by atoms with E-state index < -0.39 is 14.6 Å². The molecule has 1 heterocycles. The van der Waals surface area contributed by atoms with Crippen molar-refractivity contribution in [2.45, 2.75) is 75.4 Å².